The van der Waals surface area contributed by atoms with Crippen LogP contribution in [-0.4, -0.2) is 21.4 Å². The zero-order chi connectivity index (χ0) is 12.5. The SMILES string of the molecule is C[C@@H]1[C@@H]2C=C[C@@H]([C@@H](CI)C2)N1Cc1ccccc1. The van der Waals surface area contributed by atoms with E-state index in [4.69, 9.17) is 0 Å². The van der Waals surface area contributed by atoms with Crippen LogP contribution in [0, 0.1) is 11.8 Å². The summed E-state index contributed by atoms with van der Waals surface area (Å²) in [6, 6.07) is 12.2. The molecule has 96 valence electrons. The molecule has 2 heterocycles. The summed E-state index contributed by atoms with van der Waals surface area (Å²) in [6.45, 7) is 3.49. The number of hydrogen-bond acceptors (Lipinski definition) is 1. The van der Waals surface area contributed by atoms with Gasteiger partial charge in [0, 0.05) is 23.1 Å². The Hall–Kier alpha value is -0.350. The fraction of sp³-hybridized carbons (Fsp3) is 0.500. The quantitative estimate of drug-likeness (QED) is 0.453. The van der Waals surface area contributed by atoms with Gasteiger partial charge in [-0.25, -0.2) is 0 Å². The number of alkyl halides is 1. The lowest BCUT2D eigenvalue weighted by Gasteiger charge is -2.50. The molecule has 0 unspecified atom stereocenters. The molecule has 3 aliphatic rings. The van der Waals surface area contributed by atoms with E-state index < -0.39 is 0 Å². The van der Waals surface area contributed by atoms with E-state index in [0.717, 1.165) is 18.4 Å². The van der Waals surface area contributed by atoms with Gasteiger partial charge in [-0.2, -0.15) is 0 Å². The summed E-state index contributed by atoms with van der Waals surface area (Å²) < 4.78 is 1.28. The van der Waals surface area contributed by atoms with Crippen LogP contribution in [0.5, 0.6) is 0 Å². The lowest BCUT2D eigenvalue weighted by atomic mass is 9.74. The maximum Gasteiger partial charge on any atom is 0.0320 e. The van der Waals surface area contributed by atoms with E-state index in [1.54, 1.807) is 0 Å². The molecule has 0 radical (unpaired) electrons. The molecule has 1 nitrogen and oxygen atoms in total. The highest BCUT2D eigenvalue weighted by Gasteiger charge is 2.41. The number of halogens is 1. The molecular formula is C16H20IN. The predicted molar refractivity (Wildman–Crippen MR) is 84.9 cm³/mol. The predicted octanol–water partition coefficient (Wildman–Crippen LogP) is 3.89. The lowest BCUT2D eigenvalue weighted by Crippen LogP contribution is -2.55. The Labute approximate surface area is 123 Å². The van der Waals surface area contributed by atoms with Crippen molar-refractivity contribution in [2.45, 2.75) is 32.0 Å². The number of nitrogens with zero attached hydrogens (tertiary/aromatic N) is 1. The van der Waals surface area contributed by atoms with Crippen molar-refractivity contribution in [3.8, 4) is 0 Å². The van der Waals surface area contributed by atoms with Crippen LogP contribution in [0.4, 0.5) is 0 Å². The second kappa shape index (κ2) is 5.33. The molecule has 2 heteroatoms. The average Bonchev–Trinajstić information content (AvgIpc) is 2.43. The Morgan fingerprint density at radius 3 is 2.72 bits per heavy atom. The first-order chi connectivity index (χ1) is 8.79. The van der Waals surface area contributed by atoms with Crippen LogP contribution in [0.3, 0.4) is 0 Å². The van der Waals surface area contributed by atoms with Crippen molar-refractivity contribution in [1.29, 1.82) is 0 Å². The van der Waals surface area contributed by atoms with Gasteiger partial charge in [-0.05, 0) is 30.7 Å². The average molecular weight is 353 g/mol. The highest BCUT2D eigenvalue weighted by molar-refractivity contribution is 14.1. The second-order valence-electron chi connectivity index (χ2n) is 5.59. The van der Waals surface area contributed by atoms with Crippen molar-refractivity contribution < 1.29 is 0 Å². The molecule has 4 atom stereocenters. The van der Waals surface area contributed by atoms with Crippen LogP contribution in [0.15, 0.2) is 42.5 Å². The zero-order valence-electron chi connectivity index (χ0n) is 10.8. The third-order valence-corrected chi connectivity index (χ3v) is 5.68. The Bertz CT molecular complexity index is 428. The van der Waals surface area contributed by atoms with Gasteiger partial charge < -0.3 is 0 Å². The van der Waals surface area contributed by atoms with Crippen LogP contribution < -0.4 is 0 Å². The Morgan fingerprint density at radius 2 is 2.00 bits per heavy atom. The largest absolute Gasteiger partial charge is 0.289 e. The molecule has 1 aromatic carbocycles. The highest BCUT2D eigenvalue weighted by atomic mass is 127. The molecule has 2 aliphatic heterocycles. The van der Waals surface area contributed by atoms with Crippen molar-refractivity contribution in [2.24, 2.45) is 11.8 Å². The highest BCUT2D eigenvalue weighted by Crippen LogP contribution is 2.40. The molecule has 2 bridgehead atoms. The van der Waals surface area contributed by atoms with Gasteiger partial charge >= 0.3 is 0 Å². The summed E-state index contributed by atoms with van der Waals surface area (Å²) in [6.07, 6.45) is 6.30. The Balaban J connectivity index is 1.81. The summed E-state index contributed by atoms with van der Waals surface area (Å²) in [5.74, 6) is 1.61. The first-order valence-electron chi connectivity index (χ1n) is 6.83. The van der Waals surface area contributed by atoms with E-state index >= 15 is 0 Å². The maximum absolute atomic E-state index is 2.70. The van der Waals surface area contributed by atoms with Gasteiger partial charge in [-0.1, -0.05) is 65.1 Å². The van der Waals surface area contributed by atoms with Crippen LogP contribution in [0.25, 0.3) is 0 Å². The van der Waals surface area contributed by atoms with Crippen LogP contribution in [-0.2, 0) is 6.54 Å². The smallest absolute Gasteiger partial charge is 0.0320 e. The molecule has 1 fully saturated rings. The minimum absolute atomic E-state index is 0.655. The van der Waals surface area contributed by atoms with Gasteiger partial charge in [0.15, 0.2) is 0 Å². The van der Waals surface area contributed by atoms with Gasteiger partial charge in [0.05, 0.1) is 0 Å². The normalized spacial score (nSPS) is 35.0. The summed E-state index contributed by atoms with van der Waals surface area (Å²) in [5, 5.41) is 0. The first kappa shape index (κ1) is 12.7. The number of rotatable bonds is 3. The molecule has 4 rings (SSSR count). The second-order valence-corrected chi connectivity index (χ2v) is 6.47. The first-order valence-corrected chi connectivity index (χ1v) is 8.36. The van der Waals surface area contributed by atoms with Gasteiger partial charge in [0.2, 0.25) is 0 Å². The molecule has 0 spiro atoms. The summed E-state index contributed by atoms with van der Waals surface area (Å²) in [5.41, 5.74) is 1.44. The topological polar surface area (TPSA) is 3.24 Å². The molecule has 1 aromatic rings. The van der Waals surface area contributed by atoms with Crippen molar-refractivity contribution in [3.63, 3.8) is 0 Å². The Kier molecular flexibility index (Phi) is 3.76. The molecule has 1 saturated heterocycles. The van der Waals surface area contributed by atoms with Gasteiger partial charge in [0.1, 0.15) is 0 Å². The lowest BCUT2D eigenvalue weighted by molar-refractivity contribution is 0.0343. The number of benzene rings is 1. The third-order valence-electron chi connectivity index (χ3n) is 4.55. The molecule has 0 amide bonds. The molecule has 0 saturated carbocycles. The fourth-order valence-electron chi connectivity index (χ4n) is 3.44. The monoisotopic (exact) mass is 353 g/mol. The van der Waals surface area contributed by atoms with Crippen molar-refractivity contribution in [2.75, 3.05) is 4.43 Å². The molecule has 18 heavy (non-hydrogen) atoms. The summed E-state index contributed by atoms with van der Waals surface area (Å²) >= 11 is 2.55. The molecule has 0 N–H and O–H groups in total. The van der Waals surface area contributed by atoms with Crippen LogP contribution in [0.1, 0.15) is 18.9 Å². The van der Waals surface area contributed by atoms with E-state index in [9.17, 15) is 0 Å². The van der Waals surface area contributed by atoms with Gasteiger partial charge in [-0.15, -0.1) is 0 Å². The third kappa shape index (κ3) is 2.25. The standard InChI is InChI=1S/C16H20IN/c1-12-14-7-8-16(15(9-14)10-17)18(12)11-13-5-3-2-4-6-13/h2-8,12,14-16H,9-11H2,1H3/t12-,14-,15-,16+/m1/s1. The van der Waals surface area contributed by atoms with E-state index in [0.29, 0.717) is 12.1 Å². The molecule has 1 aliphatic carbocycles. The van der Waals surface area contributed by atoms with E-state index in [-0.39, 0.29) is 0 Å². The van der Waals surface area contributed by atoms with Gasteiger partial charge in [-0.3, -0.25) is 4.90 Å². The Morgan fingerprint density at radius 1 is 1.22 bits per heavy atom. The summed E-state index contributed by atoms with van der Waals surface area (Å²) in [4.78, 5) is 2.70. The van der Waals surface area contributed by atoms with Crippen LogP contribution >= 0.6 is 22.6 Å². The molecule has 0 aromatic heterocycles. The minimum atomic E-state index is 0.655. The number of fused-ring (bicyclic) bond motifs is 2. The molecular weight excluding hydrogens is 333 g/mol. The van der Waals surface area contributed by atoms with Gasteiger partial charge in [0.25, 0.3) is 0 Å². The minimum Gasteiger partial charge on any atom is -0.289 e. The number of hydrogen-bond donors (Lipinski definition) is 0. The van der Waals surface area contributed by atoms with Crippen molar-refractivity contribution in [1.82, 2.24) is 4.90 Å². The maximum atomic E-state index is 2.70. The van der Waals surface area contributed by atoms with E-state index in [1.807, 2.05) is 0 Å². The summed E-state index contributed by atoms with van der Waals surface area (Å²) in [7, 11) is 0. The number of piperidine rings is 1. The van der Waals surface area contributed by atoms with Crippen molar-refractivity contribution in [3.05, 3.63) is 48.0 Å². The van der Waals surface area contributed by atoms with Crippen molar-refractivity contribution >= 4 is 22.6 Å². The van der Waals surface area contributed by atoms with Crippen LogP contribution in [0.2, 0.25) is 0 Å². The fourth-order valence-corrected chi connectivity index (χ4v) is 4.32. The van der Waals surface area contributed by atoms with E-state index in [1.165, 1.54) is 16.4 Å². The van der Waals surface area contributed by atoms with E-state index in [2.05, 4.69) is 76.9 Å². The zero-order valence-corrected chi connectivity index (χ0v) is 13.0.